The number of thioether (sulfide) groups is 1. The van der Waals surface area contributed by atoms with Crippen LogP contribution in [0, 0.1) is 15.9 Å². The molecule has 212 valence electrons. The number of hydrogen-bond donors (Lipinski definition) is 1. The van der Waals surface area contributed by atoms with Crippen LogP contribution in [0.15, 0.2) is 107 Å². The van der Waals surface area contributed by atoms with Gasteiger partial charge in [0.25, 0.3) is 21.6 Å². The Morgan fingerprint density at radius 3 is 2.34 bits per heavy atom. The number of carbonyl (C=O) groups excluding carboxylic acids is 1. The Morgan fingerprint density at radius 1 is 0.951 bits per heavy atom. The van der Waals surface area contributed by atoms with E-state index in [-0.39, 0.29) is 22.7 Å². The first-order valence-electron chi connectivity index (χ1n) is 12.4. The Balaban J connectivity index is 1.46. The fourth-order valence-electron chi connectivity index (χ4n) is 3.96. The second kappa shape index (κ2) is 13.7. The molecule has 1 N–H and O–H groups in total. The summed E-state index contributed by atoms with van der Waals surface area (Å²) < 4.78 is 42.2. The molecular weight excluding hydrogens is 589 g/mol. The monoisotopic (exact) mass is 613 g/mol. The molecule has 0 saturated heterocycles. The van der Waals surface area contributed by atoms with Gasteiger partial charge in [0.15, 0.2) is 0 Å². The summed E-state index contributed by atoms with van der Waals surface area (Å²) in [5.41, 5.74) is 0.658. The highest BCUT2D eigenvalue weighted by Crippen LogP contribution is 2.24. The second-order valence-corrected chi connectivity index (χ2v) is 12.2. The molecule has 4 aromatic carbocycles. The van der Waals surface area contributed by atoms with Crippen LogP contribution in [0.5, 0.6) is 0 Å². The predicted octanol–water partition coefficient (Wildman–Crippen LogP) is 6.30. The highest BCUT2D eigenvalue weighted by atomic mass is 35.5. The number of benzene rings is 4. The van der Waals surface area contributed by atoms with Gasteiger partial charge in [0, 0.05) is 58.6 Å². The lowest BCUT2D eigenvalue weighted by atomic mass is 10.1. The van der Waals surface area contributed by atoms with E-state index >= 15 is 0 Å². The van der Waals surface area contributed by atoms with Crippen molar-refractivity contribution in [1.29, 1.82) is 0 Å². The third-order valence-electron chi connectivity index (χ3n) is 6.05. The van der Waals surface area contributed by atoms with Crippen LogP contribution >= 0.6 is 23.4 Å². The molecule has 1 amide bonds. The standard InChI is InChI=1S/C29H25ClFN3O5S2/c30-27-10-5-11-28(31)26(27)20-33(16-17-40-24-8-2-1-3-9-24)19-21-12-14-25(15-13-21)41(38,39)32-29(35)22-6-4-7-23(18-22)34(36)37/h1-15,18H,16-17,19-20H2,(H,32,35). The minimum Gasteiger partial charge on any atom is -0.294 e. The number of carbonyl (C=O) groups is 1. The molecule has 0 fully saturated rings. The number of halogens is 2. The number of nitro groups is 1. The molecule has 0 radical (unpaired) electrons. The summed E-state index contributed by atoms with van der Waals surface area (Å²) in [4.78, 5) is 25.8. The van der Waals surface area contributed by atoms with E-state index in [4.69, 9.17) is 11.6 Å². The van der Waals surface area contributed by atoms with Gasteiger partial charge in [0.2, 0.25) is 0 Å². The quantitative estimate of drug-likeness (QED) is 0.113. The molecule has 4 aromatic rings. The minimum absolute atomic E-state index is 0.150. The Hall–Kier alpha value is -3.77. The molecule has 0 aliphatic carbocycles. The lowest BCUT2D eigenvalue weighted by molar-refractivity contribution is -0.384. The van der Waals surface area contributed by atoms with Crippen molar-refractivity contribution in [2.24, 2.45) is 0 Å². The topological polar surface area (TPSA) is 110 Å². The first kappa shape index (κ1) is 30.2. The number of sulfonamides is 1. The largest absolute Gasteiger partial charge is 0.294 e. The van der Waals surface area contributed by atoms with Crippen molar-refractivity contribution in [2.75, 3.05) is 12.3 Å². The van der Waals surface area contributed by atoms with E-state index in [1.165, 1.54) is 36.4 Å². The van der Waals surface area contributed by atoms with Crippen LogP contribution in [-0.2, 0) is 23.1 Å². The summed E-state index contributed by atoms with van der Waals surface area (Å²) in [6, 6.07) is 25.2. The average Bonchev–Trinajstić information content (AvgIpc) is 2.95. The normalized spacial score (nSPS) is 11.4. The van der Waals surface area contributed by atoms with Crippen molar-refractivity contribution in [2.45, 2.75) is 22.9 Å². The second-order valence-electron chi connectivity index (χ2n) is 8.96. The Labute approximate surface area is 246 Å². The molecule has 0 aliphatic rings. The van der Waals surface area contributed by atoms with Crippen LogP contribution in [-0.4, -0.2) is 36.4 Å². The van der Waals surface area contributed by atoms with Crippen LogP contribution in [0.25, 0.3) is 0 Å². The number of nitrogens with one attached hydrogen (secondary N) is 1. The Kier molecular flexibility index (Phi) is 10.1. The minimum atomic E-state index is -4.24. The highest BCUT2D eigenvalue weighted by molar-refractivity contribution is 7.99. The van der Waals surface area contributed by atoms with Gasteiger partial charge in [-0.1, -0.05) is 54.1 Å². The molecular formula is C29H25ClFN3O5S2. The molecule has 0 bridgehead atoms. The van der Waals surface area contributed by atoms with E-state index in [0.29, 0.717) is 23.7 Å². The lowest BCUT2D eigenvalue weighted by Crippen LogP contribution is -2.30. The van der Waals surface area contributed by atoms with Crippen molar-refractivity contribution in [3.63, 3.8) is 0 Å². The zero-order chi connectivity index (χ0) is 29.4. The first-order chi connectivity index (χ1) is 19.6. The number of nitrogens with zero attached hydrogens (tertiary/aromatic N) is 2. The van der Waals surface area contributed by atoms with Gasteiger partial charge in [-0.3, -0.25) is 19.8 Å². The van der Waals surface area contributed by atoms with Gasteiger partial charge in [-0.05, 0) is 48.0 Å². The average molecular weight is 614 g/mol. The van der Waals surface area contributed by atoms with Crippen LogP contribution < -0.4 is 4.72 Å². The number of non-ortho nitro benzene ring substituents is 1. The number of rotatable bonds is 12. The van der Waals surface area contributed by atoms with Gasteiger partial charge >= 0.3 is 0 Å². The summed E-state index contributed by atoms with van der Waals surface area (Å²) in [6.07, 6.45) is 0. The van der Waals surface area contributed by atoms with Crippen LogP contribution in [0.2, 0.25) is 5.02 Å². The molecule has 8 nitrogen and oxygen atoms in total. The number of hydrogen-bond acceptors (Lipinski definition) is 7. The van der Waals surface area contributed by atoms with E-state index in [1.54, 1.807) is 36.0 Å². The summed E-state index contributed by atoms with van der Waals surface area (Å²) in [7, 11) is -4.24. The molecule has 0 heterocycles. The van der Waals surface area contributed by atoms with Gasteiger partial charge in [-0.15, -0.1) is 11.8 Å². The molecule has 0 saturated carbocycles. The van der Waals surface area contributed by atoms with Gasteiger partial charge < -0.3 is 0 Å². The third kappa shape index (κ3) is 8.37. The smallest absolute Gasteiger partial charge is 0.270 e. The van der Waals surface area contributed by atoms with E-state index < -0.39 is 26.7 Å². The van der Waals surface area contributed by atoms with E-state index in [0.717, 1.165) is 22.3 Å². The van der Waals surface area contributed by atoms with Crippen molar-refractivity contribution in [3.8, 4) is 0 Å². The maximum atomic E-state index is 14.6. The summed E-state index contributed by atoms with van der Waals surface area (Å²) in [6.45, 7) is 1.24. The van der Waals surface area contributed by atoms with Crippen molar-refractivity contribution < 1.29 is 22.5 Å². The maximum Gasteiger partial charge on any atom is 0.270 e. The molecule has 0 unspecified atom stereocenters. The molecule has 0 spiro atoms. The zero-order valence-electron chi connectivity index (χ0n) is 21.6. The van der Waals surface area contributed by atoms with E-state index in [2.05, 4.69) is 0 Å². The van der Waals surface area contributed by atoms with E-state index in [1.807, 2.05) is 40.0 Å². The number of amides is 1. The first-order valence-corrected chi connectivity index (χ1v) is 15.2. The van der Waals surface area contributed by atoms with Crippen molar-refractivity contribution in [1.82, 2.24) is 9.62 Å². The fraction of sp³-hybridized carbons (Fsp3) is 0.138. The maximum absolute atomic E-state index is 14.6. The molecule has 4 rings (SSSR count). The zero-order valence-corrected chi connectivity index (χ0v) is 24.0. The van der Waals surface area contributed by atoms with Gasteiger partial charge in [0.05, 0.1) is 9.82 Å². The molecule has 0 atom stereocenters. The van der Waals surface area contributed by atoms with Crippen molar-refractivity contribution in [3.05, 3.63) is 135 Å². The third-order valence-corrected chi connectivity index (χ3v) is 8.74. The predicted molar refractivity (Wildman–Crippen MR) is 157 cm³/mol. The Morgan fingerprint density at radius 2 is 1.66 bits per heavy atom. The summed E-state index contributed by atoms with van der Waals surface area (Å²) in [5, 5.41) is 11.3. The van der Waals surface area contributed by atoms with Gasteiger partial charge in [-0.25, -0.2) is 17.5 Å². The van der Waals surface area contributed by atoms with Gasteiger partial charge in [0.1, 0.15) is 5.82 Å². The molecule has 0 aliphatic heterocycles. The molecule has 0 aromatic heterocycles. The van der Waals surface area contributed by atoms with Gasteiger partial charge in [-0.2, -0.15) is 0 Å². The molecule has 12 heteroatoms. The summed E-state index contributed by atoms with van der Waals surface area (Å²) in [5.74, 6) is -0.660. The number of nitro benzene ring substituents is 1. The lowest BCUT2D eigenvalue weighted by Gasteiger charge is -2.23. The Bertz CT molecular complexity index is 1620. The van der Waals surface area contributed by atoms with E-state index in [9.17, 15) is 27.7 Å². The van der Waals surface area contributed by atoms with Crippen molar-refractivity contribution >= 4 is 45.0 Å². The fourth-order valence-corrected chi connectivity index (χ4v) is 6.09. The molecule has 41 heavy (non-hydrogen) atoms. The van der Waals surface area contributed by atoms with Crippen LogP contribution in [0.4, 0.5) is 10.1 Å². The van der Waals surface area contributed by atoms with Crippen LogP contribution in [0.1, 0.15) is 21.5 Å². The van der Waals surface area contributed by atoms with Crippen LogP contribution in [0.3, 0.4) is 0 Å². The summed E-state index contributed by atoms with van der Waals surface area (Å²) >= 11 is 7.95. The SMILES string of the molecule is O=C(NS(=O)(=O)c1ccc(CN(CCSc2ccccc2)Cc2c(F)cccc2Cl)cc1)c1cccc([N+](=O)[O-])c1. The highest BCUT2D eigenvalue weighted by Gasteiger charge is 2.21.